The van der Waals surface area contributed by atoms with Gasteiger partial charge >= 0.3 is 0 Å². The molecule has 3 rings (SSSR count). The van der Waals surface area contributed by atoms with Crippen LogP contribution in [0.5, 0.6) is 0 Å². The molecule has 1 saturated heterocycles. The van der Waals surface area contributed by atoms with Crippen LogP contribution < -0.4 is 0 Å². The maximum absolute atomic E-state index is 12.3. The fraction of sp³-hybridized carbons (Fsp3) is 0.308. The summed E-state index contributed by atoms with van der Waals surface area (Å²) in [5.74, 6) is 0.839. The molecule has 0 spiro atoms. The second-order valence-corrected chi connectivity index (χ2v) is 5.10. The molecule has 1 aliphatic heterocycles. The van der Waals surface area contributed by atoms with E-state index in [-0.39, 0.29) is 11.9 Å². The van der Waals surface area contributed by atoms with Crippen molar-refractivity contribution in [2.75, 3.05) is 6.54 Å². The van der Waals surface area contributed by atoms with Gasteiger partial charge in [0.2, 0.25) is 0 Å². The predicted octanol–water partition coefficient (Wildman–Crippen LogP) is 3.00. The molecule has 2 atom stereocenters. The minimum absolute atomic E-state index is 0.0249. The Hall–Kier alpha value is -1.29. The molecule has 2 unspecified atom stereocenters. The Morgan fingerprint density at radius 1 is 1.35 bits per heavy atom. The van der Waals surface area contributed by atoms with Gasteiger partial charge in [-0.15, -0.1) is 0 Å². The van der Waals surface area contributed by atoms with Crippen molar-refractivity contribution in [2.45, 2.75) is 12.5 Å². The molecule has 1 aliphatic carbocycles. The lowest BCUT2D eigenvalue weighted by Crippen LogP contribution is -2.36. The highest BCUT2D eigenvalue weighted by atomic mass is 79.9. The van der Waals surface area contributed by atoms with Crippen LogP contribution in [0.2, 0.25) is 0 Å². The number of fused-ring (bicyclic) bond motifs is 1. The highest BCUT2D eigenvalue weighted by Gasteiger charge is 2.36. The topological polar surface area (TPSA) is 33.5 Å². The van der Waals surface area contributed by atoms with Gasteiger partial charge in [0.05, 0.1) is 6.04 Å². The number of amides is 1. The zero-order valence-corrected chi connectivity index (χ0v) is 10.8. The first-order valence-corrected chi connectivity index (χ1v) is 6.46. The van der Waals surface area contributed by atoms with Gasteiger partial charge in [-0.05, 0) is 34.5 Å². The van der Waals surface area contributed by atoms with Crippen molar-refractivity contribution in [3.05, 3.63) is 46.9 Å². The van der Waals surface area contributed by atoms with Crippen LogP contribution in [-0.2, 0) is 0 Å². The lowest BCUT2D eigenvalue weighted by Gasteiger charge is -2.24. The second kappa shape index (κ2) is 4.18. The van der Waals surface area contributed by atoms with Crippen LogP contribution in [0, 0.1) is 5.92 Å². The van der Waals surface area contributed by atoms with Crippen LogP contribution >= 0.6 is 15.9 Å². The number of hydrogen-bond acceptors (Lipinski definition) is 2. The third kappa shape index (κ3) is 1.86. The number of hydrogen-bond donors (Lipinski definition) is 0. The molecule has 1 aromatic rings. The monoisotopic (exact) mass is 293 g/mol. The molecule has 0 aromatic carbocycles. The van der Waals surface area contributed by atoms with E-state index in [9.17, 15) is 4.79 Å². The van der Waals surface area contributed by atoms with Crippen LogP contribution in [0.25, 0.3) is 0 Å². The van der Waals surface area contributed by atoms with E-state index >= 15 is 0 Å². The quantitative estimate of drug-likeness (QED) is 0.797. The summed E-state index contributed by atoms with van der Waals surface area (Å²) in [6, 6.07) is 3.65. The zero-order chi connectivity index (χ0) is 11.8. The minimum atomic E-state index is -0.0249. The number of carbonyl (C=O) groups excluding carboxylic acids is 1. The van der Waals surface area contributed by atoms with E-state index in [4.69, 9.17) is 4.42 Å². The van der Waals surface area contributed by atoms with Crippen LogP contribution in [0.4, 0.5) is 0 Å². The number of likely N-dealkylation sites (tertiary alicyclic amines) is 1. The van der Waals surface area contributed by atoms with Gasteiger partial charge in [0.15, 0.2) is 10.4 Å². The summed E-state index contributed by atoms with van der Waals surface area (Å²) in [6.45, 7) is 0.793. The van der Waals surface area contributed by atoms with E-state index < -0.39 is 0 Å². The summed E-state index contributed by atoms with van der Waals surface area (Å²) in [6.07, 6.45) is 9.35. The molecule has 1 fully saturated rings. The third-order valence-electron chi connectivity index (χ3n) is 3.32. The Morgan fingerprint density at radius 3 is 2.94 bits per heavy atom. The molecule has 2 aliphatic rings. The van der Waals surface area contributed by atoms with Crippen molar-refractivity contribution in [1.82, 2.24) is 4.90 Å². The molecule has 0 saturated carbocycles. The largest absolute Gasteiger partial charge is 0.444 e. The molecule has 88 valence electrons. The highest BCUT2D eigenvalue weighted by molar-refractivity contribution is 9.10. The maximum atomic E-state index is 12.3. The highest BCUT2D eigenvalue weighted by Crippen LogP contribution is 2.30. The summed E-state index contributed by atoms with van der Waals surface area (Å²) >= 11 is 3.22. The van der Waals surface area contributed by atoms with Gasteiger partial charge in [0, 0.05) is 12.5 Å². The molecule has 0 N–H and O–H groups in total. The summed E-state index contributed by atoms with van der Waals surface area (Å²) in [7, 11) is 0. The molecular weight excluding hydrogens is 282 g/mol. The maximum Gasteiger partial charge on any atom is 0.290 e. The van der Waals surface area contributed by atoms with Gasteiger partial charge in [0.25, 0.3) is 5.91 Å². The van der Waals surface area contributed by atoms with Crippen LogP contribution in [-0.4, -0.2) is 23.4 Å². The smallest absolute Gasteiger partial charge is 0.290 e. The van der Waals surface area contributed by atoms with Gasteiger partial charge in [0.1, 0.15) is 0 Å². The first-order valence-electron chi connectivity index (χ1n) is 5.67. The molecular formula is C13H12BrNO2. The van der Waals surface area contributed by atoms with Gasteiger partial charge in [-0.3, -0.25) is 4.79 Å². The van der Waals surface area contributed by atoms with Crippen molar-refractivity contribution in [2.24, 2.45) is 5.92 Å². The summed E-state index contributed by atoms with van der Waals surface area (Å²) in [5, 5.41) is 0. The van der Waals surface area contributed by atoms with E-state index in [0.29, 0.717) is 16.3 Å². The van der Waals surface area contributed by atoms with Crippen molar-refractivity contribution in [1.29, 1.82) is 0 Å². The van der Waals surface area contributed by atoms with Crippen molar-refractivity contribution in [3.63, 3.8) is 0 Å². The first kappa shape index (κ1) is 10.8. The number of allylic oxidation sites excluding steroid dienone is 2. The molecule has 0 bridgehead atoms. The standard InChI is InChI=1S/C13H12BrNO2/c14-12-6-5-11(17-12)13(16)15-8-7-9-3-1-2-4-10(9)15/h1-6,9-10H,7-8H2. The molecule has 0 radical (unpaired) electrons. The number of halogens is 1. The Morgan fingerprint density at radius 2 is 2.18 bits per heavy atom. The van der Waals surface area contributed by atoms with Gasteiger partial charge < -0.3 is 9.32 Å². The number of carbonyl (C=O) groups is 1. The SMILES string of the molecule is O=C(c1ccc(Br)o1)N1CCC2C=CC=CC21. The van der Waals surface area contributed by atoms with Crippen LogP contribution in [0.1, 0.15) is 17.0 Å². The number of rotatable bonds is 1. The normalized spacial score (nSPS) is 26.3. The summed E-state index contributed by atoms with van der Waals surface area (Å²) in [5.41, 5.74) is 0. The lowest BCUT2D eigenvalue weighted by molar-refractivity contribution is 0.0721. The Bertz CT molecular complexity index is 503. The molecule has 4 heteroatoms. The van der Waals surface area contributed by atoms with Crippen LogP contribution in [0.3, 0.4) is 0 Å². The van der Waals surface area contributed by atoms with Crippen LogP contribution in [0.15, 0.2) is 45.5 Å². The van der Waals surface area contributed by atoms with E-state index in [1.807, 2.05) is 11.0 Å². The second-order valence-electron chi connectivity index (χ2n) is 4.32. The van der Waals surface area contributed by atoms with E-state index in [2.05, 4.69) is 34.2 Å². The summed E-state index contributed by atoms with van der Waals surface area (Å²) in [4.78, 5) is 14.2. The Labute approximate surface area is 108 Å². The molecule has 3 nitrogen and oxygen atoms in total. The van der Waals surface area contributed by atoms with Gasteiger partial charge in [-0.2, -0.15) is 0 Å². The van der Waals surface area contributed by atoms with E-state index in [1.165, 1.54) is 0 Å². The lowest BCUT2D eigenvalue weighted by atomic mass is 9.96. The van der Waals surface area contributed by atoms with E-state index in [1.54, 1.807) is 12.1 Å². The fourth-order valence-corrected chi connectivity index (χ4v) is 2.79. The molecule has 1 aromatic heterocycles. The van der Waals surface area contributed by atoms with Crippen molar-refractivity contribution >= 4 is 21.8 Å². The van der Waals surface area contributed by atoms with Gasteiger partial charge in [-0.1, -0.05) is 24.3 Å². The minimum Gasteiger partial charge on any atom is -0.444 e. The number of nitrogens with zero attached hydrogens (tertiary/aromatic N) is 1. The number of furan rings is 1. The first-order chi connectivity index (χ1) is 8.25. The average Bonchev–Trinajstić information content (AvgIpc) is 2.94. The Balaban J connectivity index is 1.83. The fourth-order valence-electron chi connectivity index (χ4n) is 2.49. The third-order valence-corrected chi connectivity index (χ3v) is 3.75. The van der Waals surface area contributed by atoms with Crippen molar-refractivity contribution in [3.8, 4) is 0 Å². The molecule has 1 amide bonds. The zero-order valence-electron chi connectivity index (χ0n) is 9.17. The summed E-state index contributed by atoms with van der Waals surface area (Å²) < 4.78 is 5.91. The molecule has 2 heterocycles. The Kier molecular flexibility index (Phi) is 2.67. The average molecular weight is 294 g/mol. The van der Waals surface area contributed by atoms with E-state index in [0.717, 1.165) is 13.0 Å². The predicted molar refractivity (Wildman–Crippen MR) is 67.6 cm³/mol. The molecule has 17 heavy (non-hydrogen) atoms. The van der Waals surface area contributed by atoms with Gasteiger partial charge in [-0.25, -0.2) is 0 Å². The van der Waals surface area contributed by atoms with Crippen molar-refractivity contribution < 1.29 is 9.21 Å².